The number of hydrogen-bond donors (Lipinski definition) is 3. The standard InChI is InChI=1S/C67H129NO5/c1-3-5-7-9-11-13-15-16-36-40-43-47-51-55-59-65(70)64(63-69)68-66(71)60-56-52-48-44-41-37-34-32-30-28-26-24-22-20-18-17-19-21-23-25-27-29-31-33-35-38-42-46-50-54-58-62-73-67(72)61-57-53-49-45-39-14-12-10-8-6-4-2/h19,21,25,27,64-65,69-70H,3-18,20,22-24,26,28-63H2,1-2H3,(H,68,71)/b21-19-,27-25-. The number of hydrogen-bond acceptors (Lipinski definition) is 5. The number of allylic oxidation sites excluding steroid dienone is 4. The number of carbonyl (C=O) groups is 2. The van der Waals surface area contributed by atoms with Gasteiger partial charge in [0.1, 0.15) is 0 Å². The molecule has 0 aromatic rings. The first-order valence-electron chi connectivity index (χ1n) is 33.1. The highest BCUT2D eigenvalue weighted by atomic mass is 16.5. The third kappa shape index (κ3) is 59.4. The van der Waals surface area contributed by atoms with E-state index in [1.54, 1.807) is 0 Å². The summed E-state index contributed by atoms with van der Waals surface area (Å²) in [5.41, 5.74) is 0. The van der Waals surface area contributed by atoms with Gasteiger partial charge in [0.25, 0.3) is 0 Å². The summed E-state index contributed by atoms with van der Waals surface area (Å²) in [6.07, 6.45) is 77.8. The Balaban J connectivity index is 3.38. The molecule has 0 rings (SSSR count). The van der Waals surface area contributed by atoms with Crippen molar-refractivity contribution in [2.75, 3.05) is 13.2 Å². The van der Waals surface area contributed by atoms with Gasteiger partial charge in [0.15, 0.2) is 0 Å². The summed E-state index contributed by atoms with van der Waals surface area (Å²) in [5, 5.41) is 23.3. The Hall–Kier alpha value is -1.66. The minimum atomic E-state index is -0.663. The number of unbranched alkanes of at least 4 members (excludes halogenated alkanes) is 47. The van der Waals surface area contributed by atoms with Crippen LogP contribution in [0.4, 0.5) is 0 Å². The third-order valence-electron chi connectivity index (χ3n) is 15.5. The van der Waals surface area contributed by atoms with Crippen LogP contribution in [0.1, 0.15) is 367 Å². The van der Waals surface area contributed by atoms with Gasteiger partial charge in [0, 0.05) is 12.8 Å². The molecule has 0 saturated heterocycles. The van der Waals surface area contributed by atoms with E-state index < -0.39 is 12.1 Å². The zero-order valence-corrected chi connectivity index (χ0v) is 49.4. The molecule has 73 heavy (non-hydrogen) atoms. The molecule has 2 atom stereocenters. The average Bonchev–Trinajstić information content (AvgIpc) is 3.39. The van der Waals surface area contributed by atoms with Crippen LogP contribution in [0, 0.1) is 0 Å². The topological polar surface area (TPSA) is 95.9 Å². The SMILES string of the molecule is CCCCCCCCCCCCCCCCC(O)C(CO)NC(=O)CCCCCCCCCCCCCCCCC/C=C\C/C=C\CCCCCCCCCCCOC(=O)CCCCCCCCCCCCC. The molecular weight excluding hydrogens is 899 g/mol. The summed E-state index contributed by atoms with van der Waals surface area (Å²) in [5.74, 6) is -0.0190. The molecule has 0 heterocycles. The lowest BCUT2D eigenvalue weighted by Crippen LogP contribution is -2.45. The predicted octanol–water partition coefficient (Wildman–Crippen LogP) is 21.0. The molecule has 0 aromatic carbocycles. The lowest BCUT2D eigenvalue weighted by Gasteiger charge is -2.22. The van der Waals surface area contributed by atoms with Crippen molar-refractivity contribution in [2.45, 2.75) is 379 Å². The van der Waals surface area contributed by atoms with Gasteiger partial charge in [-0.1, -0.05) is 321 Å². The highest BCUT2D eigenvalue weighted by molar-refractivity contribution is 5.76. The third-order valence-corrected chi connectivity index (χ3v) is 15.5. The molecule has 1 amide bonds. The number of rotatable bonds is 62. The Morgan fingerprint density at radius 3 is 1.04 bits per heavy atom. The molecule has 6 nitrogen and oxygen atoms in total. The van der Waals surface area contributed by atoms with Gasteiger partial charge in [-0.2, -0.15) is 0 Å². The predicted molar refractivity (Wildman–Crippen MR) is 320 cm³/mol. The first kappa shape index (κ1) is 71.3. The second-order valence-electron chi connectivity index (χ2n) is 22.8. The molecule has 0 bridgehead atoms. The van der Waals surface area contributed by atoms with Crippen molar-refractivity contribution in [3.8, 4) is 0 Å². The number of aliphatic hydroxyl groups is 2. The van der Waals surface area contributed by atoms with Gasteiger partial charge in [0.2, 0.25) is 5.91 Å². The molecule has 0 aromatic heterocycles. The molecule has 0 spiro atoms. The molecule has 0 aliphatic carbocycles. The van der Waals surface area contributed by atoms with Crippen molar-refractivity contribution in [1.29, 1.82) is 0 Å². The van der Waals surface area contributed by atoms with E-state index in [4.69, 9.17) is 4.74 Å². The van der Waals surface area contributed by atoms with Gasteiger partial charge in [-0.05, 0) is 57.8 Å². The van der Waals surface area contributed by atoms with Crippen molar-refractivity contribution < 1.29 is 24.5 Å². The van der Waals surface area contributed by atoms with Crippen LogP contribution in [-0.2, 0) is 14.3 Å². The zero-order chi connectivity index (χ0) is 52.9. The highest BCUT2D eigenvalue weighted by Gasteiger charge is 2.20. The summed E-state index contributed by atoms with van der Waals surface area (Å²) in [4.78, 5) is 24.5. The monoisotopic (exact) mass is 1030 g/mol. The van der Waals surface area contributed by atoms with Crippen LogP contribution in [0.5, 0.6) is 0 Å². The minimum Gasteiger partial charge on any atom is -0.466 e. The summed E-state index contributed by atoms with van der Waals surface area (Å²) in [7, 11) is 0. The number of nitrogens with one attached hydrogen (secondary N) is 1. The molecule has 2 unspecified atom stereocenters. The summed E-state index contributed by atoms with van der Waals surface area (Å²) >= 11 is 0. The zero-order valence-electron chi connectivity index (χ0n) is 49.4. The Kier molecular flexibility index (Phi) is 61.4. The van der Waals surface area contributed by atoms with E-state index in [2.05, 4.69) is 43.5 Å². The lowest BCUT2D eigenvalue weighted by molar-refractivity contribution is -0.143. The van der Waals surface area contributed by atoms with Gasteiger partial charge in [-0.25, -0.2) is 0 Å². The summed E-state index contributed by atoms with van der Waals surface area (Å²) in [6.45, 7) is 4.97. The Morgan fingerprint density at radius 2 is 0.685 bits per heavy atom. The largest absolute Gasteiger partial charge is 0.466 e. The van der Waals surface area contributed by atoms with Crippen molar-refractivity contribution in [3.05, 3.63) is 24.3 Å². The molecule has 0 fully saturated rings. The van der Waals surface area contributed by atoms with Crippen LogP contribution >= 0.6 is 0 Å². The number of amides is 1. The molecule has 3 N–H and O–H groups in total. The second-order valence-corrected chi connectivity index (χ2v) is 22.8. The summed E-state index contributed by atoms with van der Waals surface area (Å²) in [6, 6.07) is -0.540. The molecule has 0 saturated carbocycles. The van der Waals surface area contributed by atoms with Gasteiger partial charge < -0.3 is 20.3 Å². The molecule has 432 valence electrons. The maximum absolute atomic E-state index is 12.5. The minimum absolute atomic E-state index is 0.0132. The number of esters is 1. The van der Waals surface area contributed by atoms with Crippen LogP contribution in [0.25, 0.3) is 0 Å². The Morgan fingerprint density at radius 1 is 0.384 bits per heavy atom. The summed E-state index contributed by atoms with van der Waals surface area (Å²) < 4.78 is 5.47. The van der Waals surface area contributed by atoms with Gasteiger partial charge in [-0.3, -0.25) is 9.59 Å². The average molecular weight is 1030 g/mol. The highest BCUT2D eigenvalue weighted by Crippen LogP contribution is 2.18. The first-order valence-corrected chi connectivity index (χ1v) is 33.1. The van der Waals surface area contributed by atoms with E-state index in [0.717, 1.165) is 44.9 Å². The molecule has 0 aliphatic heterocycles. The van der Waals surface area contributed by atoms with E-state index in [9.17, 15) is 19.8 Å². The van der Waals surface area contributed by atoms with Crippen LogP contribution in [0.15, 0.2) is 24.3 Å². The van der Waals surface area contributed by atoms with Crippen LogP contribution in [0.3, 0.4) is 0 Å². The van der Waals surface area contributed by atoms with Gasteiger partial charge >= 0.3 is 5.97 Å². The molecule has 0 aliphatic rings. The molecular formula is C67H129NO5. The van der Waals surface area contributed by atoms with Crippen molar-refractivity contribution in [1.82, 2.24) is 5.32 Å². The number of ether oxygens (including phenoxy) is 1. The van der Waals surface area contributed by atoms with Crippen LogP contribution < -0.4 is 5.32 Å². The number of carbonyl (C=O) groups excluding carboxylic acids is 2. The fourth-order valence-electron chi connectivity index (χ4n) is 10.4. The van der Waals surface area contributed by atoms with E-state index >= 15 is 0 Å². The maximum atomic E-state index is 12.5. The van der Waals surface area contributed by atoms with Crippen LogP contribution in [0.2, 0.25) is 0 Å². The Bertz CT molecular complexity index is 1140. The van der Waals surface area contributed by atoms with Gasteiger partial charge in [0.05, 0.1) is 25.4 Å². The number of aliphatic hydroxyl groups excluding tert-OH is 2. The smallest absolute Gasteiger partial charge is 0.305 e. The van der Waals surface area contributed by atoms with Crippen LogP contribution in [-0.4, -0.2) is 47.4 Å². The quantitative estimate of drug-likeness (QED) is 0.0320. The lowest BCUT2D eigenvalue weighted by atomic mass is 10.0. The Labute approximate surface area is 456 Å². The van der Waals surface area contributed by atoms with E-state index in [-0.39, 0.29) is 18.5 Å². The normalized spacial score (nSPS) is 12.7. The molecule has 0 radical (unpaired) electrons. The second kappa shape index (κ2) is 62.9. The molecule has 6 heteroatoms. The fourth-order valence-corrected chi connectivity index (χ4v) is 10.4. The van der Waals surface area contributed by atoms with Crippen molar-refractivity contribution >= 4 is 11.9 Å². The van der Waals surface area contributed by atoms with Gasteiger partial charge in [-0.15, -0.1) is 0 Å². The maximum Gasteiger partial charge on any atom is 0.305 e. The van der Waals surface area contributed by atoms with E-state index in [1.165, 1.54) is 289 Å². The fraction of sp³-hybridized carbons (Fsp3) is 0.910. The van der Waals surface area contributed by atoms with Crippen molar-refractivity contribution in [2.24, 2.45) is 0 Å². The van der Waals surface area contributed by atoms with Crippen molar-refractivity contribution in [3.63, 3.8) is 0 Å². The van der Waals surface area contributed by atoms with E-state index in [1.807, 2.05) is 0 Å². The first-order chi connectivity index (χ1) is 36.0. The van der Waals surface area contributed by atoms with E-state index in [0.29, 0.717) is 25.9 Å².